The van der Waals surface area contributed by atoms with Crippen LogP contribution in [0.25, 0.3) is 0 Å². The van der Waals surface area contributed by atoms with Gasteiger partial charge in [-0.2, -0.15) is 5.10 Å². The van der Waals surface area contributed by atoms with Crippen LogP contribution in [0.4, 0.5) is 0 Å². The number of aromatic nitrogens is 4. The topological polar surface area (TPSA) is 74.0 Å². The summed E-state index contributed by atoms with van der Waals surface area (Å²) in [6.07, 6.45) is 7.56. The second kappa shape index (κ2) is 5.81. The number of amides is 1. The molecule has 1 amide bonds. The number of ether oxygens (including phenoxy) is 1. The van der Waals surface area contributed by atoms with Gasteiger partial charge in [-0.25, -0.2) is 4.98 Å². The molecule has 0 bridgehead atoms. The van der Waals surface area contributed by atoms with Crippen LogP contribution in [0.2, 0.25) is 0 Å². The molecule has 1 saturated heterocycles. The van der Waals surface area contributed by atoms with Crippen LogP contribution >= 0.6 is 0 Å². The summed E-state index contributed by atoms with van der Waals surface area (Å²) in [5.74, 6) is 0.702. The average molecular weight is 317 g/mol. The molecule has 0 radical (unpaired) electrons. The highest BCUT2D eigenvalue weighted by Crippen LogP contribution is 2.28. The largest absolute Gasteiger partial charge is 0.368 e. The third-order valence-electron chi connectivity index (χ3n) is 4.05. The van der Waals surface area contributed by atoms with Gasteiger partial charge in [0.1, 0.15) is 11.9 Å². The molecule has 2 atom stereocenters. The van der Waals surface area contributed by atoms with E-state index in [1.807, 2.05) is 38.6 Å². The molecule has 1 aliphatic heterocycles. The molecule has 124 valence electrons. The molecule has 0 aliphatic carbocycles. The predicted molar refractivity (Wildman–Crippen MR) is 85.0 cm³/mol. The zero-order valence-corrected chi connectivity index (χ0v) is 14.0. The molecule has 23 heavy (non-hydrogen) atoms. The van der Waals surface area contributed by atoms with Crippen molar-refractivity contribution in [1.82, 2.24) is 24.6 Å². The van der Waals surface area contributed by atoms with Gasteiger partial charge in [-0.05, 0) is 27.2 Å². The lowest BCUT2D eigenvalue weighted by Crippen LogP contribution is -2.37. The Bertz CT molecular complexity index is 697. The third kappa shape index (κ3) is 3.14. The maximum atomic E-state index is 12.5. The Balaban J connectivity index is 1.72. The Labute approximate surface area is 135 Å². The summed E-state index contributed by atoms with van der Waals surface area (Å²) in [4.78, 5) is 16.8. The minimum absolute atomic E-state index is 0.0819. The zero-order valence-electron chi connectivity index (χ0n) is 14.0. The van der Waals surface area contributed by atoms with Gasteiger partial charge in [0, 0.05) is 32.2 Å². The van der Waals surface area contributed by atoms with E-state index in [0.717, 1.165) is 12.2 Å². The molecule has 1 fully saturated rings. The van der Waals surface area contributed by atoms with Crippen molar-refractivity contribution in [2.45, 2.75) is 44.9 Å². The van der Waals surface area contributed by atoms with Gasteiger partial charge in [-0.1, -0.05) is 0 Å². The van der Waals surface area contributed by atoms with Crippen LogP contribution in [0.3, 0.4) is 0 Å². The summed E-state index contributed by atoms with van der Waals surface area (Å²) < 4.78 is 9.49. The van der Waals surface area contributed by atoms with Gasteiger partial charge in [0.2, 0.25) is 0 Å². The minimum Gasteiger partial charge on any atom is -0.368 e. The fourth-order valence-electron chi connectivity index (χ4n) is 2.70. The number of hydrogen-bond donors (Lipinski definition) is 1. The van der Waals surface area contributed by atoms with E-state index in [9.17, 15) is 4.79 Å². The molecule has 7 heteroatoms. The molecule has 2 aromatic heterocycles. The monoisotopic (exact) mass is 317 g/mol. The van der Waals surface area contributed by atoms with E-state index in [-0.39, 0.29) is 23.6 Å². The quantitative estimate of drug-likeness (QED) is 0.934. The number of hydrogen-bond acceptors (Lipinski definition) is 4. The van der Waals surface area contributed by atoms with Gasteiger partial charge in [0.15, 0.2) is 0 Å². The summed E-state index contributed by atoms with van der Waals surface area (Å²) in [6.45, 7) is 6.75. The highest BCUT2D eigenvalue weighted by Gasteiger charge is 2.34. The Hall–Kier alpha value is -2.15. The number of carbonyl (C=O) groups is 1. The Kier molecular flexibility index (Phi) is 3.97. The number of aryl methyl sites for hydroxylation is 1. The molecule has 7 nitrogen and oxygen atoms in total. The Morgan fingerprint density at radius 3 is 2.83 bits per heavy atom. The van der Waals surface area contributed by atoms with Gasteiger partial charge >= 0.3 is 0 Å². The van der Waals surface area contributed by atoms with Crippen molar-refractivity contribution in [3.63, 3.8) is 0 Å². The van der Waals surface area contributed by atoms with Crippen molar-refractivity contribution in [2.24, 2.45) is 7.05 Å². The zero-order chi connectivity index (χ0) is 16.6. The smallest absolute Gasteiger partial charge is 0.254 e. The van der Waals surface area contributed by atoms with Crippen molar-refractivity contribution < 1.29 is 9.53 Å². The molecule has 0 saturated carbocycles. The first kappa shape index (κ1) is 15.7. The number of carbonyl (C=O) groups excluding carboxylic acids is 1. The fraction of sp³-hybridized carbons (Fsp3) is 0.562. The number of rotatable bonds is 3. The molecule has 0 spiro atoms. The molecule has 3 rings (SSSR count). The SMILES string of the molecule is Cn1ccnc1[C@H]1OCC[C@@H]1NC(=O)c1cnn(C(C)(C)C)c1. The fourth-order valence-corrected chi connectivity index (χ4v) is 2.70. The first-order valence-electron chi connectivity index (χ1n) is 7.81. The lowest BCUT2D eigenvalue weighted by Gasteiger charge is -2.20. The molecule has 2 aromatic rings. The first-order valence-corrected chi connectivity index (χ1v) is 7.81. The van der Waals surface area contributed by atoms with Gasteiger partial charge in [0.05, 0.1) is 23.3 Å². The predicted octanol–water partition coefficient (Wildman–Crippen LogP) is 1.63. The Morgan fingerprint density at radius 1 is 1.43 bits per heavy atom. The highest BCUT2D eigenvalue weighted by atomic mass is 16.5. The number of nitrogens with one attached hydrogen (secondary N) is 1. The van der Waals surface area contributed by atoms with Crippen molar-refractivity contribution in [3.8, 4) is 0 Å². The van der Waals surface area contributed by atoms with E-state index in [0.29, 0.717) is 12.2 Å². The van der Waals surface area contributed by atoms with Crippen molar-refractivity contribution in [1.29, 1.82) is 0 Å². The van der Waals surface area contributed by atoms with Crippen LogP contribution in [-0.2, 0) is 17.3 Å². The van der Waals surface area contributed by atoms with E-state index in [4.69, 9.17) is 4.74 Å². The molecule has 0 unspecified atom stereocenters. The summed E-state index contributed by atoms with van der Waals surface area (Å²) in [6, 6.07) is -0.0819. The third-order valence-corrected chi connectivity index (χ3v) is 4.05. The van der Waals surface area contributed by atoms with Crippen LogP contribution in [0.5, 0.6) is 0 Å². The second-order valence-corrected chi connectivity index (χ2v) is 6.90. The maximum absolute atomic E-state index is 12.5. The summed E-state index contributed by atoms with van der Waals surface area (Å²) in [7, 11) is 1.93. The van der Waals surface area contributed by atoms with Crippen molar-refractivity contribution >= 4 is 5.91 Å². The summed E-state index contributed by atoms with van der Waals surface area (Å²) >= 11 is 0. The molecular weight excluding hydrogens is 294 g/mol. The van der Waals surface area contributed by atoms with E-state index >= 15 is 0 Å². The van der Waals surface area contributed by atoms with Gasteiger partial charge < -0.3 is 14.6 Å². The standard InChI is InChI=1S/C16H23N5O2/c1-16(2,3)21-10-11(9-18-21)15(22)19-12-5-8-23-13(12)14-17-6-7-20(14)4/h6-7,9-10,12-13H,5,8H2,1-4H3,(H,19,22)/t12-,13-/m0/s1. The van der Waals surface area contributed by atoms with Crippen LogP contribution in [-0.4, -0.2) is 37.9 Å². The summed E-state index contributed by atoms with van der Waals surface area (Å²) in [5, 5.41) is 7.33. The van der Waals surface area contributed by atoms with Crippen LogP contribution in [0.1, 0.15) is 49.5 Å². The van der Waals surface area contributed by atoms with E-state index in [1.165, 1.54) is 0 Å². The summed E-state index contributed by atoms with van der Waals surface area (Å²) in [5.41, 5.74) is 0.412. The van der Waals surface area contributed by atoms with Crippen LogP contribution < -0.4 is 5.32 Å². The number of nitrogens with zero attached hydrogens (tertiary/aromatic N) is 4. The molecular formula is C16H23N5O2. The maximum Gasteiger partial charge on any atom is 0.254 e. The molecule has 3 heterocycles. The highest BCUT2D eigenvalue weighted by molar-refractivity contribution is 5.93. The normalized spacial score (nSPS) is 21.6. The van der Waals surface area contributed by atoms with E-state index < -0.39 is 0 Å². The van der Waals surface area contributed by atoms with E-state index in [2.05, 4.69) is 15.4 Å². The second-order valence-electron chi connectivity index (χ2n) is 6.90. The molecule has 1 aliphatic rings. The minimum atomic E-state index is -0.211. The van der Waals surface area contributed by atoms with E-state index in [1.54, 1.807) is 23.3 Å². The van der Waals surface area contributed by atoms with Gasteiger partial charge in [-0.3, -0.25) is 9.48 Å². The number of imidazole rings is 1. The van der Waals surface area contributed by atoms with Crippen molar-refractivity contribution in [2.75, 3.05) is 6.61 Å². The first-order chi connectivity index (χ1) is 10.9. The van der Waals surface area contributed by atoms with Crippen molar-refractivity contribution in [3.05, 3.63) is 36.2 Å². The van der Waals surface area contributed by atoms with Gasteiger partial charge in [-0.15, -0.1) is 0 Å². The molecule has 1 N–H and O–H groups in total. The molecule has 0 aromatic carbocycles. The van der Waals surface area contributed by atoms with Crippen LogP contribution in [0, 0.1) is 0 Å². The average Bonchev–Trinajstić information content (AvgIpc) is 3.17. The van der Waals surface area contributed by atoms with Gasteiger partial charge in [0.25, 0.3) is 5.91 Å². The van der Waals surface area contributed by atoms with Crippen LogP contribution in [0.15, 0.2) is 24.8 Å². The Morgan fingerprint density at radius 2 is 2.22 bits per heavy atom. The lowest BCUT2D eigenvalue weighted by molar-refractivity contribution is 0.0779. The lowest BCUT2D eigenvalue weighted by atomic mass is 10.1.